The van der Waals surface area contributed by atoms with Gasteiger partial charge in [0.2, 0.25) is 0 Å². The predicted molar refractivity (Wildman–Crippen MR) is 96.0 cm³/mol. The summed E-state index contributed by atoms with van der Waals surface area (Å²) in [4.78, 5) is 4.02. The molecule has 3 aromatic rings. The highest BCUT2D eigenvalue weighted by atomic mass is 32.2. The van der Waals surface area contributed by atoms with Gasteiger partial charge in [-0.15, -0.1) is 0 Å². The maximum absolute atomic E-state index is 12.5. The number of pyridine rings is 1. The molecule has 0 aliphatic heterocycles. The third kappa shape index (κ3) is 2.93. The first-order valence-electron chi connectivity index (χ1n) is 8.07. The number of hydrogen-bond acceptors (Lipinski definition) is 2. The molecule has 4 rings (SSSR count). The van der Waals surface area contributed by atoms with Gasteiger partial charge in [-0.25, -0.2) is 0 Å². The van der Waals surface area contributed by atoms with Crippen LogP contribution in [0.4, 0.5) is 0 Å². The average Bonchev–Trinajstić information content (AvgIpc) is 3.01. The van der Waals surface area contributed by atoms with Gasteiger partial charge in [0, 0.05) is 34.7 Å². The monoisotopic (exact) mass is 321 g/mol. The molecule has 0 N–H and O–H groups in total. The smallest absolute Gasteiger partial charge is 0.0491 e. The summed E-state index contributed by atoms with van der Waals surface area (Å²) in [6.45, 7) is 0. The zero-order valence-corrected chi connectivity index (χ0v) is 13.8. The summed E-state index contributed by atoms with van der Waals surface area (Å²) in [5, 5.41) is 2.71. The SMILES string of the molecule is O=S(CCc1ccncc1)Cc1ccc2c3c(cccc13)CC2. The Morgan fingerprint density at radius 1 is 0.957 bits per heavy atom. The third-order valence-electron chi connectivity index (χ3n) is 4.65. The lowest BCUT2D eigenvalue weighted by atomic mass is 10.0. The van der Waals surface area contributed by atoms with Crippen LogP contribution in [0, 0.1) is 0 Å². The summed E-state index contributed by atoms with van der Waals surface area (Å²) in [5.74, 6) is 1.35. The van der Waals surface area contributed by atoms with Crippen molar-refractivity contribution in [3.8, 4) is 0 Å². The molecule has 0 saturated heterocycles. The first kappa shape index (κ1) is 14.6. The van der Waals surface area contributed by atoms with Gasteiger partial charge in [0.1, 0.15) is 0 Å². The number of rotatable bonds is 5. The fourth-order valence-electron chi connectivity index (χ4n) is 3.46. The van der Waals surface area contributed by atoms with Gasteiger partial charge in [0.15, 0.2) is 0 Å². The predicted octanol–water partition coefficient (Wildman–Crippen LogP) is 3.82. The van der Waals surface area contributed by atoms with E-state index in [0.717, 1.165) is 19.3 Å². The van der Waals surface area contributed by atoms with Crippen LogP contribution in [-0.2, 0) is 35.8 Å². The van der Waals surface area contributed by atoms with E-state index in [1.165, 1.54) is 33.0 Å². The summed E-state index contributed by atoms with van der Waals surface area (Å²) < 4.78 is 12.5. The second kappa shape index (κ2) is 6.25. The minimum Gasteiger partial charge on any atom is -0.265 e. The molecular formula is C20H19NOS. The molecule has 0 bridgehead atoms. The number of aryl methyl sites for hydroxylation is 3. The molecule has 0 radical (unpaired) electrons. The van der Waals surface area contributed by atoms with Gasteiger partial charge < -0.3 is 0 Å². The summed E-state index contributed by atoms with van der Waals surface area (Å²) >= 11 is 0. The van der Waals surface area contributed by atoms with E-state index >= 15 is 0 Å². The molecule has 0 amide bonds. The van der Waals surface area contributed by atoms with E-state index in [1.54, 1.807) is 12.4 Å². The standard InChI is InChI=1S/C20H19NOS/c22-23(13-10-15-8-11-21-12-9-15)14-18-7-6-17-5-4-16-2-1-3-19(18)20(16)17/h1-3,6-9,11-12H,4-5,10,13-14H2. The van der Waals surface area contributed by atoms with Crippen LogP contribution >= 0.6 is 0 Å². The Bertz CT molecular complexity index is 863. The van der Waals surface area contributed by atoms with Gasteiger partial charge in [0.05, 0.1) is 0 Å². The highest BCUT2D eigenvalue weighted by Gasteiger charge is 2.16. The van der Waals surface area contributed by atoms with E-state index in [9.17, 15) is 4.21 Å². The van der Waals surface area contributed by atoms with Crippen molar-refractivity contribution in [3.05, 3.63) is 77.1 Å². The first-order valence-corrected chi connectivity index (χ1v) is 9.56. The fraction of sp³-hybridized carbons (Fsp3) is 0.250. The Labute approximate surface area is 139 Å². The average molecular weight is 321 g/mol. The molecule has 3 heteroatoms. The Kier molecular flexibility index (Phi) is 3.96. The molecule has 2 nitrogen and oxygen atoms in total. The Hall–Kier alpha value is -2.00. The van der Waals surface area contributed by atoms with Crippen LogP contribution in [0.5, 0.6) is 0 Å². The van der Waals surface area contributed by atoms with Crippen LogP contribution in [-0.4, -0.2) is 14.9 Å². The summed E-state index contributed by atoms with van der Waals surface area (Å²) in [7, 11) is -0.841. The van der Waals surface area contributed by atoms with Crippen molar-refractivity contribution in [2.75, 3.05) is 5.75 Å². The molecule has 1 aliphatic rings. The van der Waals surface area contributed by atoms with Crippen LogP contribution in [0.2, 0.25) is 0 Å². The molecular weight excluding hydrogens is 302 g/mol. The normalized spacial score (nSPS) is 14.3. The number of benzene rings is 2. The van der Waals surface area contributed by atoms with Crippen LogP contribution in [0.3, 0.4) is 0 Å². The molecule has 116 valence electrons. The fourth-order valence-corrected chi connectivity index (χ4v) is 4.67. The lowest BCUT2D eigenvalue weighted by Crippen LogP contribution is -2.04. The second-order valence-corrected chi connectivity index (χ2v) is 7.69. The number of hydrogen-bond donors (Lipinski definition) is 0. The molecule has 1 aliphatic carbocycles. The van der Waals surface area contributed by atoms with Gasteiger partial charge in [-0.2, -0.15) is 0 Å². The van der Waals surface area contributed by atoms with Crippen molar-refractivity contribution in [2.45, 2.75) is 25.0 Å². The van der Waals surface area contributed by atoms with Crippen molar-refractivity contribution < 1.29 is 4.21 Å². The molecule has 1 unspecified atom stereocenters. The lowest BCUT2D eigenvalue weighted by Gasteiger charge is -2.09. The molecule has 1 heterocycles. The molecule has 0 saturated carbocycles. The maximum Gasteiger partial charge on any atom is 0.0491 e. The lowest BCUT2D eigenvalue weighted by molar-refractivity contribution is 0.682. The zero-order valence-electron chi connectivity index (χ0n) is 13.0. The zero-order chi connectivity index (χ0) is 15.6. The van der Waals surface area contributed by atoms with Crippen LogP contribution in [0.15, 0.2) is 54.9 Å². The van der Waals surface area contributed by atoms with Crippen LogP contribution in [0.25, 0.3) is 10.8 Å². The summed E-state index contributed by atoms with van der Waals surface area (Å²) in [5.41, 5.74) is 5.32. The first-order chi connectivity index (χ1) is 11.3. The van der Waals surface area contributed by atoms with Crippen molar-refractivity contribution in [1.29, 1.82) is 0 Å². The quantitative estimate of drug-likeness (QED) is 0.715. The van der Waals surface area contributed by atoms with Gasteiger partial charge >= 0.3 is 0 Å². The Morgan fingerprint density at radius 3 is 2.57 bits per heavy atom. The van der Waals surface area contributed by atoms with E-state index in [0.29, 0.717) is 11.5 Å². The van der Waals surface area contributed by atoms with Gasteiger partial charge in [-0.1, -0.05) is 30.3 Å². The van der Waals surface area contributed by atoms with E-state index in [4.69, 9.17) is 0 Å². The molecule has 1 aromatic heterocycles. The van der Waals surface area contributed by atoms with Gasteiger partial charge in [-0.3, -0.25) is 9.19 Å². The highest BCUT2D eigenvalue weighted by Crippen LogP contribution is 2.33. The Balaban J connectivity index is 1.53. The van der Waals surface area contributed by atoms with Crippen molar-refractivity contribution >= 4 is 21.6 Å². The molecule has 23 heavy (non-hydrogen) atoms. The molecule has 0 spiro atoms. The second-order valence-electron chi connectivity index (χ2n) is 6.12. The van der Waals surface area contributed by atoms with Crippen molar-refractivity contribution in [2.24, 2.45) is 0 Å². The van der Waals surface area contributed by atoms with E-state index in [-0.39, 0.29) is 0 Å². The topological polar surface area (TPSA) is 30.0 Å². The van der Waals surface area contributed by atoms with Crippen LogP contribution in [0.1, 0.15) is 22.3 Å². The molecule has 0 fully saturated rings. The number of aromatic nitrogens is 1. The maximum atomic E-state index is 12.5. The minimum absolute atomic E-state index is 0.644. The number of nitrogens with zero attached hydrogens (tertiary/aromatic N) is 1. The van der Waals surface area contributed by atoms with E-state index in [2.05, 4.69) is 35.3 Å². The molecule has 2 aromatic carbocycles. The van der Waals surface area contributed by atoms with Crippen molar-refractivity contribution in [3.63, 3.8) is 0 Å². The van der Waals surface area contributed by atoms with Gasteiger partial charge in [0.25, 0.3) is 0 Å². The van der Waals surface area contributed by atoms with Gasteiger partial charge in [-0.05, 0) is 64.4 Å². The van der Waals surface area contributed by atoms with E-state index in [1.807, 2.05) is 12.1 Å². The third-order valence-corrected chi connectivity index (χ3v) is 5.94. The highest BCUT2D eigenvalue weighted by molar-refractivity contribution is 7.84. The van der Waals surface area contributed by atoms with Crippen molar-refractivity contribution in [1.82, 2.24) is 4.98 Å². The summed E-state index contributed by atoms with van der Waals surface area (Å²) in [6, 6.07) is 14.9. The van der Waals surface area contributed by atoms with Crippen LogP contribution < -0.4 is 0 Å². The summed E-state index contributed by atoms with van der Waals surface area (Å²) in [6.07, 6.45) is 6.71. The largest absolute Gasteiger partial charge is 0.265 e. The Morgan fingerprint density at radius 2 is 1.74 bits per heavy atom. The minimum atomic E-state index is -0.841. The molecule has 1 atom stereocenters. The van der Waals surface area contributed by atoms with E-state index < -0.39 is 10.8 Å².